The molecule has 2 aromatic heterocycles. The third-order valence-corrected chi connectivity index (χ3v) is 11.0. The number of hydrogen-bond donors (Lipinski definition) is 0. The quantitative estimate of drug-likeness (QED) is 0.149. The first-order valence-corrected chi connectivity index (χ1v) is 19.5. The molecule has 0 aliphatic carbocycles. The van der Waals surface area contributed by atoms with E-state index in [9.17, 15) is 0 Å². The SMILES string of the molecule is CC(C)(C)N1CN(c2[c-]c(N(c3[c-]c4c(cc3)c3ccccc3n4-c3cc(-c4ccccc4-c4ccccc4)ccn3)c3ccccc3)ccc2)c2ccccc21.[Pt+2]. The minimum absolute atomic E-state index is 0. The van der Waals surface area contributed by atoms with Gasteiger partial charge in [-0.3, -0.25) is 0 Å². The van der Waals surface area contributed by atoms with E-state index in [4.69, 9.17) is 4.98 Å². The zero-order valence-corrected chi connectivity index (χ0v) is 34.9. The van der Waals surface area contributed by atoms with Crippen LogP contribution in [0.3, 0.4) is 0 Å². The molecule has 0 unspecified atom stereocenters. The molecule has 1 aliphatic heterocycles. The predicted octanol–water partition coefficient (Wildman–Crippen LogP) is 13.3. The van der Waals surface area contributed by atoms with E-state index in [-0.39, 0.29) is 26.6 Å². The molecule has 0 amide bonds. The van der Waals surface area contributed by atoms with E-state index >= 15 is 0 Å². The number of benzene rings is 7. The Morgan fingerprint density at radius 1 is 0.569 bits per heavy atom. The molecule has 10 rings (SSSR count). The second-order valence-corrected chi connectivity index (χ2v) is 15.5. The van der Waals surface area contributed by atoms with Gasteiger partial charge in [0.05, 0.1) is 18.0 Å². The van der Waals surface area contributed by atoms with E-state index in [1.807, 2.05) is 6.20 Å². The van der Waals surface area contributed by atoms with Crippen molar-refractivity contribution >= 4 is 55.9 Å². The number of rotatable bonds is 7. The maximum Gasteiger partial charge on any atom is 2.00 e. The minimum Gasteiger partial charge on any atom is -0.358 e. The van der Waals surface area contributed by atoms with Crippen molar-refractivity contribution < 1.29 is 21.1 Å². The van der Waals surface area contributed by atoms with Crippen molar-refractivity contribution in [3.63, 3.8) is 0 Å². The van der Waals surface area contributed by atoms with E-state index in [0.29, 0.717) is 0 Å². The van der Waals surface area contributed by atoms with Gasteiger partial charge in [-0.2, -0.15) is 12.1 Å². The van der Waals surface area contributed by atoms with Crippen molar-refractivity contribution in [1.29, 1.82) is 0 Å². The molecular formula is C52H41N5Pt. The monoisotopic (exact) mass is 930 g/mol. The normalized spacial score (nSPS) is 12.5. The first-order valence-electron chi connectivity index (χ1n) is 19.5. The van der Waals surface area contributed by atoms with Crippen LogP contribution >= 0.6 is 0 Å². The van der Waals surface area contributed by atoms with Gasteiger partial charge in [-0.15, -0.1) is 35.7 Å². The number of aromatic nitrogens is 2. The molecule has 58 heavy (non-hydrogen) atoms. The molecule has 9 aromatic rings. The van der Waals surface area contributed by atoms with Gasteiger partial charge in [0.15, 0.2) is 0 Å². The Morgan fingerprint density at radius 3 is 2.00 bits per heavy atom. The van der Waals surface area contributed by atoms with Crippen molar-refractivity contribution in [3.05, 3.63) is 194 Å². The number of nitrogens with zero attached hydrogens (tertiary/aromatic N) is 5. The summed E-state index contributed by atoms with van der Waals surface area (Å²) in [5, 5.41) is 2.27. The van der Waals surface area contributed by atoms with Gasteiger partial charge in [0.1, 0.15) is 5.82 Å². The fraction of sp³-hybridized carbons (Fsp3) is 0.0962. The van der Waals surface area contributed by atoms with Gasteiger partial charge < -0.3 is 19.3 Å². The second-order valence-electron chi connectivity index (χ2n) is 15.5. The Bertz CT molecular complexity index is 2900. The molecule has 0 N–H and O–H groups in total. The van der Waals surface area contributed by atoms with Crippen molar-refractivity contribution in [2.24, 2.45) is 0 Å². The molecule has 0 saturated heterocycles. The number of para-hydroxylation sites is 4. The smallest absolute Gasteiger partial charge is 0.358 e. The summed E-state index contributed by atoms with van der Waals surface area (Å²) in [6.07, 6.45) is 1.92. The van der Waals surface area contributed by atoms with Crippen LogP contribution < -0.4 is 14.7 Å². The summed E-state index contributed by atoms with van der Waals surface area (Å²) in [6, 6.07) is 69.9. The van der Waals surface area contributed by atoms with Crippen LogP contribution in [0.25, 0.3) is 49.9 Å². The largest absolute Gasteiger partial charge is 2.00 e. The van der Waals surface area contributed by atoms with Crippen LogP contribution in [-0.2, 0) is 21.1 Å². The van der Waals surface area contributed by atoms with Crippen LogP contribution in [0.1, 0.15) is 20.8 Å². The molecule has 1 aliphatic rings. The van der Waals surface area contributed by atoms with Crippen molar-refractivity contribution in [2.45, 2.75) is 26.3 Å². The molecule has 6 heteroatoms. The topological polar surface area (TPSA) is 27.5 Å². The Kier molecular flexibility index (Phi) is 9.71. The van der Waals surface area contributed by atoms with Gasteiger partial charge in [-0.05, 0) is 90.9 Å². The summed E-state index contributed by atoms with van der Waals surface area (Å²) in [6.45, 7) is 7.55. The fourth-order valence-corrected chi connectivity index (χ4v) is 8.27. The van der Waals surface area contributed by atoms with Gasteiger partial charge in [-0.25, -0.2) is 4.98 Å². The predicted molar refractivity (Wildman–Crippen MR) is 237 cm³/mol. The third kappa shape index (κ3) is 6.56. The van der Waals surface area contributed by atoms with E-state index in [0.717, 1.165) is 68.2 Å². The van der Waals surface area contributed by atoms with Crippen LogP contribution in [0.15, 0.2) is 182 Å². The van der Waals surface area contributed by atoms with E-state index in [1.54, 1.807) is 0 Å². The molecule has 3 heterocycles. The summed E-state index contributed by atoms with van der Waals surface area (Å²) in [5.74, 6) is 0.839. The van der Waals surface area contributed by atoms with Crippen molar-refractivity contribution in [1.82, 2.24) is 9.55 Å². The van der Waals surface area contributed by atoms with Crippen LogP contribution in [0, 0.1) is 12.1 Å². The molecule has 5 nitrogen and oxygen atoms in total. The van der Waals surface area contributed by atoms with Crippen LogP contribution in [0.2, 0.25) is 0 Å². The molecule has 0 fully saturated rings. The molecular weight excluding hydrogens is 890 g/mol. The zero-order valence-electron chi connectivity index (χ0n) is 32.6. The summed E-state index contributed by atoms with van der Waals surface area (Å²) < 4.78 is 2.26. The van der Waals surface area contributed by atoms with E-state index in [2.05, 4.69) is 228 Å². The van der Waals surface area contributed by atoms with Crippen LogP contribution in [0.4, 0.5) is 34.1 Å². The van der Waals surface area contributed by atoms with E-state index in [1.165, 1.54) is 22.5 Å². The number of pyridine rings is 1. The van der Waals surface area contributed by atoms with Crippen LogP contribution in [-0.4, -0.2) is 21.8 Å². The average Bonchev–Trinajstić information content (AvgIpc) is 3.82. The van der Waals surface area contributed by atoms with Gasteiger partial charge in [-0.1, -0.05) is 126 Å². The first kappa shape index (κ1) is 37.2. The number of hydrogen-bond acceptors (Lipinski definition) is 4. The minimum atomic E-state index is -0.0407. The summed E-state index contributed by atoms with van der Waals surface area (Å²) >= 11 is 0. The molecule has 284 valence electrons. The molecule has 0 spiro atoms. The number of anilines is 6. The Morgan fingerprint density at radius 2 is 1.22 bits per heavy atom. The van der Waals surface area contributed by atoms with Gasteiger partial charge in [0.25, 0.3) is 0 Å². The maximum absolute atomic E-state index is 5.01. The Hall–Kier alpha value is -6.42. The number of fused-ring (bicyclic) bond motifs is 4. The Labute approximate surface area is 354 Å². The third-order valence-electron chi connectivity index (χ3n) is 11.0. The standard InChI is InChI=1S/C52H41N5.Pt/c1-52(2,3)55-36-54(48-27-14-15-28-49(48)55)40-21-16-22-41(34-40)56(39-19-8-5-9-20-39)42-29-30-46-45-25-12-13-26-47(45)57(50(46)35-42)51-33-38(31-32-53-51)44-24-11-10-23-43(44)37-17-6-4-7-18-37;/h4-33H,36H2,1-3H3;/q-2;+2. The molecule has 0 radical (unpaired) electrons. The average molecular weight is 931 g/mol. The summed E-state index contributed by atoms with van der Waals surface area (Å²) in [4.78, 5) is 12.1. The Balaban J connectivity index is 0.00000436. The molecule has 0 saturated carbocycles. The van der Waals surface area contributed by atoms with Gasteiger partial charge in [0, 0.05) is 22.9 Å². The maximum atomic E-state index is 5.01. The summed E-state index contributed by atoms with van der Waals surface area (Å²) in [5.41, 5.74) is 12.9. The fourth-order valence-electron chi connectivity index (χ4n) is 8.27. The zero-order chi connectivity index (χ0) is 38.5. The molecule has 7 aromatic carbocycles. The summed E-state index contributed by atoms with van der Waals surface area (Å²) in [7, 11) is 0. The van der Waals surface area contributed by atoms with Gasteiger partial charge in [0.2, 0.25) is 0 Å². The molecule has 0 atom stereocenters. The van der Waals surface area contributed by atoms with Crippen molar-refractivity contribution in [2.75, 3.05) is 21.4 Å². The van der Waals surface area contributed by atoms with Crippen LogP contribution in [0.5, 0.6) is 0 Å². The first-order chi connectivity index (χ1) is 27.9. The van der Waals surface area contributed by atoms with Crippen molar-refractivity contribution in [3.8, 4) is 28.1 Å². The molecule has 0 bridgehead atoms. The second kappa shape index (κ2) is 15.2. The van der Waals surface area contributed by atoms with Gasteiger partial charge >= 0.3 is 21.1 Å². The van der Waals surface area contributed by atoms with E-state index < -0.39 is 0 Å².